The minimum Gasteiger partial charge on any atom is -0.368 e. The summed E-state index contributed by atoms with van der Waals surface area (Å²) in [6.45, 7) is 2.71. The highest BCUT2D eigenvalue weighted by Crippen LogP contribution is 2.32. The van der Waals surface area contributed by atoms with Gasteiger partial charge in [0.2, 0.25) is 0 Å². The second kappa shape index (κ2) is 7.57. The van der Waals surface area contributed by atoms with Crippen LogP contribution in [0, 0.1) is 0 Å². The molecule has 1 atom stereocenters. The Hall–Kier alpha value is -2.06. The third-order valence-corrected chi connectivity index (χ3v) is 8.41. The zero-order valence-corrected chi connectivity index (χ0v) is 18.3. The molecular weight excluding hydrogens is 424 g/mol. The summed E-state index contributed by atoms with van der Waals surface area (Å²) in [5, 5.41) is 5.41. The van der Waals surface area contributed by atoms with Crippen molar-refractivity contribution in [2.45, 2.75) is 31.7 Å². The van der Waals surface area contributed by atoms with Gasteiger partial charge in [0.05, 0.1) is 23.2 Å². The van der Waals surface area contributed by atoms with Gasteiger partial charge in [0.25, 0.3) is 5.91 Å². The van der Waals surface area contributed by atoms with Crippen molar-refractivity contribution < 1.29 is 13.2 Å². The van der Waals surface area contributed by atoms with E-state index in [1.54, 1.807) is 4.68 Å². The maximum Gasteiger partial charge on any atom is 0.272 e. The molecule has 1 aromatic carbocycles. The summed E-state index contributed by atoms with van der Waals surface area (Å²) >= 11 is 6.12. The van der Waals surface area contributed by atoms with Crippen LogP contribution in [-0.4, -0.2) is 66.7 Å². The van der Waals surface area contributed by atoms with Crippen LogP contribution < -0.4 is 4.90 Å². The smallest absolute Gasteiger partial charge is 0.272 e. The average Bonchev–Trinajstić information content (AvgIpc) is 3.41. The third kappa shape index (κ3) is 3.60. The van der Waals surface area contributed by atoms with E-state index in [1.165, 1.54) is 0 Å². The first-order chi connectivity index (χ1) is 14.4. The molecule has 0 radical (unpaired) electrons. The maximum absolute atomic E-state index is 13.5. The number of carbonyl (C=O) groups excluding carboxylic acids is 1. The van der Waals surface area contributed by atoms with Gasteiger partial charge in [-0.2, -0.15) is 5.10 Å². The molecule has 1 aromatic heterocycles. The summed E-state index contributed by atoms with van der Waals surface area (Å²) in [5.74, 6) is 0.241. The average molecular weight is 449 g/mol. The summed E-state index contributed by atoms with van der Waals surface area (Å²) in [6, 6.07) is 7.54. The first-order valence-corrected chi connectivity index (χ1v) is 12.7. The molecule has 3 aliphatic rings. The number of anilines is 1. The Balaban J connectivity index is 1.37. The molecule has 2 aliphatic heterocycles. The number of rotatable bonds is 3. The summed E-state index contributed by atoms with van der Waals surface area (Å²) in [7, 11) is -3.05. The van der Waals surface area contributed by atoms with Crippen LogP contribution >= 0.6 is 11.6 Å². The van der Waals surface area contributed by atoms with E-state index < -0.39 is 9.84 Å². The number of piperazine rings is 1. The highest BCUT2D eigenvalue weighted by atomic mass is 35.5. The van der Waals surface area contributed by atoms with Crippen molar-refractivity contribution in [1.29, 1.82) is 0 Å². The van der Waals surface area contributed by atoms with Gasteiger partial charge >= 0.3 is 0 Å². The van der Waals surface area contributed by atoms with Crippen molar-refractivity contribution in [3.05, 3.63) is 46.2 Å². The summed E-state index contributed by atoms with van der Waals surface area (Å²) in [6.07, 6.45) is 3.25. The number of fused-ring (bicyclic) bond motifs is 1. The molecular formula is C21H25ClN4O3S. The van der Waals surface area contributed by atoms with Gasteiger partial charge in [-0.3, -0.25) is 9.48 Å². The second-order valence-electron chi connectivity index (χ2n) is 8.39. The lowest BCUT2D eigenvalue weighted by Crippen LogP contribution is -2.49. The zero-order chi connectivity index (χ0) is 20.9. The van der Waals surface area contributed by atoms with Crippen molar-refractivity contribution in [1.82, 2.24) is 14.7 Å². The third-order valence-electron chi connectivity index (χ3n) is 6.43. The van der Waals surface area contributed by atoms with Crippen LogP contribution in [-0.2, 0) is 22.7 Å². The lowest BCUT2D eigenvalue weighted by molar-refractivity contribution is 0.0730. The highest BCUT2D eigenvalue weighted by Gasteiger charge is 2.37. The molecule has 0 saturated carbocycles. The molecule has 2 fully saturated rings. The number of amides is 1. The molecule has 0 spiro atoms. The fourth-order valence-electron chi connectivity index (χ4n) is 4.86. The molecule has 1 amide bonds. The van der Waals surface area contributed by atoms with Gasteiger partial charge in [-0.25, -0.2) is 8.42 Å². The molecule has 30 heavy (non-hydrogen) atoms. The summed E-state index contributed by atoms with van der Waals surface area (Å²) in [5.41, 5.74) is 3.69. The largest absolute Gasteiger partial charge is 0.368 e. The number of aryl methyl sites for hydroxylation is 1. The number of halogens is 1. The van der Waals surface area contributed by atoms with Crippen molar-refractivity contribution in [3.8, 4) is 0 Å². The van der Waals surface area contributed by atoms with Crippen molar-refractivity contribution >= 4 is 33.0 Å². The summed E-state index contributed by atoms with van der Waals surface area (Å²) in [4.78, 5) is 17.7. The number of nitrogens with zero attached hydrogens (tertiary/aromatic N) is 4. The first kappa shape index (κ1) is 19.9. The van der Waals surface area contributed by atoms with E-state index in [1.807, 2.05) is 29.2 Å². The van der Waals surface area contributed by atoms with Crippen LogP contribution in [0.1, 0.15) is 40.6 Å². The molecule has 160 valence electrons. The fraction of sp³-hybridized carbons (Fsp3) is 0.524. The van der Waals surface area contributed by atoms with Crippen molar-refractivity contribution in [2.24, 2.45) is 0 Å². The maximum atomic E-state index is 13.5. The fourth-order valence-corrected chi connectivity index (χ4v) is 6.74. The van der Waals surface area contributed by atoms with E-state index >= 15 is 0 Å². The Morgan fingerprint density at radius 1 is 1.13 bits per heavy atom. The molecule has 0 N–H and O–H groups in total. The molecule has 2 aromatic rings. The Morgan fingerprint density at radius 3 is 2.63 bits per heavy atom. The number of hydrogen-bond acceptors (Lipinski definition) is 5. The number of aromatic nitrogens is 2. The van der Waals surface area contributed by atoms with Gasteiger partial charge in [0.15, 0.2) is 9.84 Å². The van der Waals surface area contributed by atoms with E-state index in [0.29, 0.717) is 30.2 Å². The Morgan fingerprint density at radius 2 is 1.93 bits per heavy atom. The number of benzene rings is 1. The van der Waals surface area contributed by atoms with Crippen LogP contribution in [0.2, 0.25) is 5.02 Å². The Labute approximate surface area is 181 Å². The van der Waals surface area contributed by atoms with Crippen LogP contribution in [0.25, 0.3) is 0 Å². The van der Waals surface area contributed by atoms with E-state index in [2.05, 4.69) is 4.90 Å². The monoisotopic (exact) mass is 448 g/mol. The number of hydrogen-bond donors (Lipinski definition) is 0. The van der Waals surface area contributed by atoms with Gasteiger partial charge in [-0.1, -0.05) is 17.7 Å². The SMILES string of the molecule is O=C(c1c2c(nn1[C@@H]1CCS(=O)(=O)C1)CCC2)N1CCN(c2cccc(Cl)c2)CC1. The second-order valence-corrected chi connectivity index (χ2v) is 11.1. The predicted octanol–water partition coefficient (Wildman–Crippen LogP) is 2.35. The minimum atomic E-state index is -3.05. The lowest BCUT2D eigenvalue weighted by atomic mass is 10.1. The van der Waals surface area contributed by atoms with Crippen LogP contribution in [0.5, 0.6) is 0 Å². The molecule has 7 nitrogen and oxygen atoms in total. The lowest BCUT2D eigenvalue weighted by Gasteiger charge is -2.36. The standard InChI is InChI=1S/C21H25ClN4O3S/c22-15-3-1-4-16(13-15)24-8-10-25(11-9-24)21(27)20-18-5-2-6-19(18)23-26(20)17-7-12-30(28,29)14-17/h1,3-4,13,17H,2,5-12,14H2/t17-/m1/s1. The van der Waals surface area contributed by atoms with E-state index in [-0.39, 0.29) is 23.5 Å². The van der Waals surface area contributed by atoms with E-state index in [9.17, 15) is 13.2 Å². The van der Waals surface area contributed by atoms with Crippen molar-refractivity contribution in [2.75, 3.05) is 42.6 Å². The number of carbonyl (C=O) groups is 1. The van der Waals surface area contributed by atoms with Crippen molar-refractivity contribution in [3.63, 3.8) is 0 Å². The first-order valence-electron chi connectivity index (χ1n) is 10.5. The molecule has 2 saturated heterocycles. The molecule has 0 unspecified atom stereocenters. The summed E-state index contributed by atoms with van der Waals surface area (Å²) < 4.78 is 25.8. The van der Waals surface area contributed by atoms with Gasteiger partial charge < -0.3 is 9.80 Å². The minimum absolute atomic E-state index is 0.0132. The molecule has 9 heteroatoms. The van der Waals surface area contributed by atoms with E-state index in [4.69, 9.17) is 16.7 Å². The topological polar surface area (TPSA) is 75.5 Å². The molecule has 3 heterocycles. The Kier molecular flexibility index (Phi) is 5.01. The van der Waals surface area contributed by atoms with Gasteiger partial charge in [-0.05, 0) is 43.9 Å². The highest BCUT2D eigenvalue weighted by molar-refractivity contribution is 7.91. The Bertz CT molecular complexity index is 1090. The molecule has 1 aliphatic carbocycles. The molecule has 0 bridgehead atoms. The van der Waals surface area contributed by atoms with E-state index in [0.717, 1.165) is 49.3 Å². The van der Waals surface area contributed by atoms with Crippen LogP contribution in [0.15, 0.2) is 24.3 Å². The van der Waals surface area contributed by atoms with Gasteiger partial charge in [0.1, 0.15) is 5.69 Å². The van der Waals surface area contributed by atoms with Crippen LogP contribution in [0.4, 0.5) is 5.69 Å². The quantitative estimate of drug-likeness (QED) is 0.720. The number of sulfone groups is 1. The van der Waals surface area contributed by atoms with Gasteiger partial charge in [-0.15, -0.1) is 0 Å². The normalized spacial score (nSPS) is 23.0. The van der Waals surface area contributed by atoms with Gasteiger partial charge in [0, 0.05) is 42.5 Å². The predicted molar refractivity (Wildman–Crippen MR) is 116 cm³/mol. The zero-order valence-electron chi connectivity index (χ0n) is 16.8. The molecule has 5 rings (SSSR count). The van der Waals surface area contributed by atoms with Crippen LogP contribution in [0.3, 0.4) is 0 Å².